The van der Waals surface area contributed by atoms with Crippen molar-refractivity contribution in [3.05, 3.63) is 41.1 Å². The van der Waals surface area contributed by atoms with Gasteiger partial charge in [-0.3, -0.25) is 0 Å². The van der Waals surface area contributed by atoms with Crippen molar-refractivity contribution in [3.63, 3.8) is 0 Å². The standard InChI is InChI=1S/C17H22N2O5/c1-10(2)23-7-8-24-16(21)14-11(3)18-17(22)19-15(14)12-5-4-6-13(20)9-12/h4-6,9-10,15,20H,7-8H2,1-3H3,(H2,18,19,22)/t15-/m0/s1. The number of nitrogens with one attached hydrogen (secondary N) is 2. The number of esters is 1. The Kier molecular flexibility index (Phi) is 5.81. The Morgan fingerprint density at radius 3 is 2.75 bits per heavy atom. The summed E-state index contributed by atoms with van der Waals surface area (Å²) in [6, 6.07) is 5.28. The molecule has 2 rings (SSSR count). The number of hydrogen-bond acceptors (Lipinski definition) is 5. The number of carbonyl (C=O) groups is 2. The molecule has 2 amide bonds. The molecule has 0 unspecified atom stereocenters. The number of urea groups is 1. The van der Waals surface area contributed by atoms with Crippen LogP contribution >= 0.6 is 0 Å². The summed E-state index contributed by atoms with van der Waals surface area (Å²) in [4.78, 5) is 24.2. The number of phenols is 1. The van der Waals surface area contributed by atoms with Crippen LogP contribution in [0.5, 0.6) is 5.75 Å². The lowest BCUT2D eigenvalue weighted by Gasteiger charge is -2.28. The maximum Gasteiger partial charge on any atom is 0.338 e. The number of carbonyl (C=O) groups excluding carboxylic acids is 2. The zero-order chi connectivity index (χ0) is 17.7. The Morgan fingerprint density at radius 1 is 1.33 bits per heavy atom. The maximum absolute atomic E-state index is 12.4. The molecule has 1 aromatic rings. The number of rotatable bonds is 6. The summed E-state index contributed by atoms with van der Waals surface area (Å²) in [6.07, 6.45) is 0.0559. The SMILES string of the molecule is CC1=C(C(=O)OCCOC(C)C)[C@H](c2cccc(O)c2)NC(=O)N1. The molecule has 0 fully saturated rings. The number of ether oxygens (including phenoxy) is 2. The summed E-state index contributed by atoms with van der Waals surface area (Å²) in [5.74, 6) is -0.489. The molecular formula is C17H22N2O5. The minimum absolute atomic E-state index is 0.0518. The van der Waals surface area contributed by atoms with Gasteiger partial charge in [0, 0.05) is 5.70 Å². The van der Waals surface area contributed by atoms with E-state index in [9.17, 15) is 14.7 Å². The smallest absolute Gasteiger partial charge is 0.338 e. The molecule has 1 aliphatic rings. The van der Waals surface area contributed by atoms with E-state index < -0.39 is 18.0 Å². The third-order valence-electron chi connectivity index (χ3n) is 3.46. The summed E-state index contributed by atoms with van der Waals surface area (Å²) in [6.45, 7) is 5.84. The molecule has 7 heteroatoms. The molecule has 0 aliphatic carbocycles. The van der Waals surface area contributed by atoms with Crippen molar-refractivity contribution in [2.75, 3.05) is 13.2 Å². The maximum atomic E-state index is 12.4. The largest absolute Gasteiger partial charge is 0.508 e. The fourth-order valence-electron chi connectivity index (χ4n) is 2.41. The van der Waals surface area contributed by atoms with Crippen LogP contribution in [0.25, 0.3) is 0 Å². The van der Waals surface area contributed by atoms with E-state index in [2.05, 4.69) is 10.6 Å². The van der Waals surface area contributed by atoms with Gasteiger partial charge < -0.3 is 25.2 Å². The number of aromatic hydroxyl groups is 1. The van der Waals surface area contributed by atoms with Crippen LogP contribution in [-0.4, -0.2) is 36.4 Å². The molecule has 0 aromatic heterocycles. The molecule has 0 saturated heterocycles. The Labute approximate surface area is 140 Å². The first-order valence-corrected chi connectivity index (χ1v) is 7.74. The van der Waals surface area contributed by atoms with Gasteiger partial charge >= 0.3 is 12.0 Å². The van der Waals surface area contributed by atoms with Gasteiger partial charge in [-0.15, -0.1) is 0 Å². The van der Waals surface area contributed by atoms with Crippen LogP contribution in [0.15, 0.2) is 35.5 Å². The second-order valence-electron chi connectivity index (χ2n) is 5.72. The van der Waals surface area contributed by atoms with Crippen LogP contribution in [0.3, 0.4) is 0 Å². The van der Waals surface area contributed by atoms with Crippen molar-refractivity contribution in [1.82, 2.24) is 10.6 Å². The molecular weight excluding hydrogens is 312 g/mol. The average molecular weight is 334 g/mol. The zero-order valence-corrected chi connectivity index (χ0v) is 14.0. The van der Waals surface area contributed by atoms with Crippen molar-refractivity contribution in [3.8, 4) is 5.75 Å². The summed E-state index contributed by atoms with van der Waals surface area (Å²) in [5, 5.41) is 14.9. The summed E-state index contributed by atoms with van der Waals surface area (Å²) in [7, 11) is 0. The van der Waals surface area contributed by atoms with E-state index in [0.29, 0.717) is 23.4 Å². The lowest BCUT2D eigenvalue weighted by Crippen LogP contribution is -2.45. The molecule has 3 N–H and O–H groups in total. The number of allylic oxidation sites excluding steroid dienone is 1. The minimum Gasteiger partial charge on any atom is -0.508 e. The van der Waals surface area contributed by atoms with Gasteiger partial charge in [0.05, 0.1) is 24.3 Å². The van der Waals surface area contributed by atoms with E-state index in [1.165, 1.54) is 12.1 Å². The van der Waals surface area contributed by atoms with Gasteiger partial charge in [0.1, 0.15) is 12.4 Å². The van der Waals surface area contributed by atoms with Gasteiger partial charge in [-0.05, 0) is 38.5 Å². The van der Waals surface area contributed by atoms with E-state index in [4.69, 9.17) is 9.47 Å². The van der Waals surface area contributed by atoms with Crippen molar-refractivity contribution < 1.29 is 24.2 Å². The first kappa shape index (κ1) is 17.8. The fourth-order valence-corrected chi connectivity index (χ4v) is 2.41. The predicted octanol–water partition coefficient (Wildman–Crippen LogP) is 1.99. The molecule has 0 radical (unpaired) electrons. The van der Waals surface area contributed by atoms with Gasteiger partial charge in [0.25, 0.3) is 0 Å². The molecule has 1 aromatic carbocycles. The van der Waals surface area contributed by atoms with Gasteiger partial charge in [-0.2, -0.15) is 0 Å². The Morgan fingerprint density at radius 2 is 2.08 bits per heavy atom. The second kappa shape index (κ2) is 7.83. The highest BCUT2D eigenvalue weighted by atomic mass is 16.6. The predicted molar refractivity (Wildman–Crippen MR) is 87.3 cm³/mol. The number of amides is 2. The summed E-state index contributed by atoms with van der Waals surface area (Å²) < 4.78 is 10.6. The molecule has 24 heavy (non-hydrogen) atoms. The molecule has 0 saturated carbocycles. The van der Waals surface area contributed by atoms with Crippen molar-refractivity contribution in [1.29, 1.82) is 0 Å². The molecule has 1 heterocycles. The lowest BCUT2D eigenvalue weighted by molar-refractivity contribution is -0.141. The molecule has 130 valence electrons. The number of phenolic OH excluding ortho intramolecular Hbond substituents is 1. The molecule has 1 atom stereocenters. The first-order chi connectivity index (χ1) is 11.4. The zero-order valence-electron chi connectivity index (χ0n) is 14.0. The third-order valence-corrected chi connectivity index (χ3v) is 3.46. The summed E-state index contributed by atoms with van der Waals surface area (Å²) >= 11 is 0. The van der Waals surface area contributed by atoms with Gasteiger partial charge in [-0.1, -0.05) is 12.1 Å². The highest BCUT2D eigenvalue weighted by Gasteiger charge is 2.32. The lowest BCUT2D eigenvalue weighted by atomic mass is 9.95. The minimum atomic E-state index is -0.690. The molecule has 0 spiro atoms. The van der Waals surface area contributed by atoms with E-state index in [-0.39, 0.29) is 18.5 Å². The van der Waals surface area contributed by atoms with E-state index >= 15 is 0 Å². The normalized spacial score (nSPS) is 17.5. The van der Waals surface area contributed by atoms with Gasteiger partial charge in [0.2, 0.25) is 0 Å². The highest BCUT2D eigenvalue weighted by Crippen LogP contribution is 2.29. The Hall–Kier alpha value is -2.54. The van der Waals surface area contributed by atoms with Crippen LogP contribution in [0.1, 0.15) is 32.4 Å². The second-order valence-corrected chi connectivity index (χ2v) is 5.72. The molecule has 7 nitrogen and oxygen atoms in total. The number of benzene rings is 1. The van der Waals surface area contributed by atoms with Gasteiger partial charge in [-0.25, -0.2) is 9.59 Å². The molecule has 1 aliphatic heterocycles. The number of hydrogen-bond donors (Lipinski definition) is 3. The topological polar surface area (TPSA) is 96.9 Å². The molecule has 0 bridgehead atoms. The quantitative estimate of drug-likeness (QED) is 0.546. The van der Waals surface area contributed by atoms with Crippen molar-refractivity contribution in [2.24, 2.45) is 0 Å². The first-order valence-electron chi connectivity index (χ1n) is 7.74. The third kappa shape index (κ3) is 4.48. The van der Waals surface area contributed by atoms with Gasteiger partial charge in [0.15, 0.2) is 0 Å². The highest BCUT2D eigenvalue weighted by molar-refractivity contribution is 5.95. The van der Waals surface area contributed by atoms with Crippen LogP contribution < -0.4 is 10.6 Å². The van der Waals surface area contributed by atoms with Crippen LogP contribution in [0.4, 0.5) is 4.79 Å². The average Bonchev–Trinajstić information content (AvgIpc) is 2.50. The van der Waals surface area contributed by atoms with E-state index in [1.54, 1.807) is 19.1 Å². The van der Waals surface area contributed by atoms with Crippen LogP contribution in [0, 0.1) is 0 Å². The monoisotopic (exact) mass is 334 g/mol. The van der Waals surface area contributed by atoms with Crippen LogP contribution in [-0.2, 0) is 14.3 Å². The van der Waals surface area contributed by atoms with Crippen LogP contribution in [0.2, 0.25) is 0 Å². The van der Waals surface area contributed by atoms with Crippen molar-refractivity contribution in [2.45, 2.75) is 32.9 Å². The van der Waals surface area contributed by atoms with E-state index in [0.717, 1.165) is 0 Å². The Balaban J connectivity index is 2.17. The Bertz CT molecular complexity index is 654. The summed E-state index contributed by atoms with van der Waals surface area (Å²) in [5.41, 5.74) is 1.31. The van der Waals surface area contributed by atoms with Crippen molar-refractivity contribution >= 4 is 12.0 Å². The van der Waals surface area contributed by atoms with E-state index in [1.807, 2.05) is 13.8 Å². The fraction of sp³-hybridized carbons (Fsp3) is 0.412.